The van der Waals surface area contributed by atoms with Gasteiger partial charge in [0.25, 0.3) is 0 Å². The van der Waals surface area contributed by atoms with Gasteiger partial charge in [0.2, 0.25) is 0 Å². The molecule has 1 amide bonds. The number of unbranched alkanes of at least 4 members (excludes halogenated alkanes) is 1. The SMILES string of the molecule is CCCCOC(=O)NC(CCOCc1ccccc1)C(=O)O. The number of carboxylic acids is 1. The maximum atomic E-state index is 11.4. The fourth-order valence-electron chi connectivity index (χ4n) is 1.72. The summed E-state index contributed by atoms with van der Waals surface area (Å²) in [6, 6.07) is 8.58. The molecule has 0 bridgehead atoms. The number of amides is 1. The van der Waals surface area contributed by atoms with Crippen LogP contribution in [-0.4, -0.2) is 36.4 Å². The smallest absolute Gasteiger partial charge is 0.407 e. The highest BCUT2D eigenvalue weighted by molar-refractivity contribution is 5.79. The van der Waals surface area contributed by atoms with Crippen LogP contribution in [0.4, 0.5) is 4.79 Å². The minimum Gasteiger partial charge on any atom is -0.480 e. The molecule has 0 radical (unpaired) electrons. The van der Waals surface area contributed by atoms with Gasteiger partial charge in [0.05, 0.1) is 13.2 Å². The van der Waals surface area contributed by atoms with Crippen LogP contribution in [0.1, 0.15) is 31.7 Å². The molecule has 122 valence electrons. The summed E-state index contributed by atoms with van der Waals surface area (Å²) in [5.74, 6) is -1.10. The molecule has 0 fully saturated rings. The van der Waals surface area contributed by atoms with E-state index in [1.165, 1.54) is 0 Å². The Bertz CT molecular complexity index is 449. The number of carboxylic acid groups (broad SMARTS) is 1. The second-order valence-corrected chi connectivity index (χ2v) is 4.85. The van der Waals surface area contributed by atoms with Gasteiger partial charge in [0.15, 0.2) is 0 Å². The van der Waals surface area contributed by atoms with Gasteiger partial charge in [-0.15, -0.1) is 0 Å². The summed E-state index contributed by atoms with van der Waals surface area (Å²) in [6.07, 6.45) is 1.14. The third kappa shape index (κ3) is 7.64. The summed E-state index contributed by atoms with van der Waals surface area (Å²) < 4.78 is 10.3. The minimum absolute atomic E-state index is 0.186. The highest BCUT2D eigenvalue weighted by Crippen LogP contribution is 2.02. The first-order chi connectivity index (χ1) is 10.6. The van der Waals surface area contributed by atoms with Crippen molar-refractivity contribution in [3.63, 3.8) is 0 Å². The van der Waals surface area contributed by atoms with E-state index in [4.69, 9.17) is 14.6 Å². The van der Waals surface area contributed by atoms with Gasteiger partial charge in [-0.1, -0.05) is 43.7 Å². The Morgan fingerprint density at radius 2 is 1.95 bits per heavy atom. The fraction of sp³-hybridized carbons (Fsp3) is 0.500. The zero-order valence-electron chi connectivity index (χ0n) is 12.8. The van der Waals surface area contributed by atoms with E-state index in [1.54, 1.807) is 0 Å². The summed E-state index contributed by atoms with van der Waals surface area (Å²) in [4.78, 5) is 22.6. The van der Waals surface area contributed by atoms with E-state index >= 15 is 0 Å². The molecule has 0 saturated heterocycles. The minimum atomic E-state index is -1.10. The Morgan fingerprint density at radius 3 is 2.59 bits per heavy atom. The number of aliphatic carboxylic acids is 1. The van der Waals surface area contributed by atoms with Gasteiger partial charge in [-0.05, 0) is 12.0 Å². The highest BCUT2D eigenvalue weighted by Gasteiger charge is 2.20. The van der Waals surface area contributed by atoms with Crippen molar-refractivity contribution in [3.05, 3.63) is 35.9 Å². The van der Waals surface area contributed by atoms with E-state index in [1.807, 2.05) is 37.3 Å². The van der Waals surface area contributed by atoms with Crippen molar-refractivity contribution in [2.45, 2.75) is 38.8 Å². The summed E-state index contributed by atoms with van der Waals surface area (Å²) in [6.45, 7) is 2.92. The molecule has 1 atom stereocenters. The fourth-order valence-corrected chi connectivity index (χ4v) is 1.72. The van der Waals surface area contributed by atoms with Crippen LogP contribution in [-0.2, 0) is 20.9 Å². The van der Waals surface area contributed by atoms with Gasteiger partial charge in [-0.25, -0.2) is 9.59 Å². The molecule has 0 aromatic heterocycles. The number of hydrogen-bond acceptors (Lipinski definition) is 4. The molecule has 1 rings (SSSR count). The molecule has 2 N–H and O–H groups in total. The molecule has 1 aromatic rings. The maximum absolute atomic E-state index is 11.4. The van der Waals surface area contributed by atoms with Gasteiger partial charge in [-0.3, -0.25) is 0 Å². The number of carbonyl (C=O) groups excluding carboxylic acids is 1. The van der Waals surface area contributed by atoms with Crippen molar-refractivity contribution in [2.24, 2.45) is 0 Å². The molecule has 0 aliphatic rings. The number of rotatable bonds is 10. The first kappa shape index (κ1) is 18.0. The number of benzene rings is 1. The van der Waals surface area contributed by atoms with Crippen molar-refractivity contribution in [2.75, 3.05) is 13.2 Å². The number of ether oxygens (including phenoxy) is 2. The van der Waals surface area contributed by atoms with E-state index in [0.29, 0.717) is 13.2 Å². The number of carbonyl (C=O) groups is 2. The maximum Gasteiger partial charge on any atom is 0.407 e. The average molecular weight is 309 g/mol. The lowest BCUT2D eigenvalue weighted by Crippen LogP contribution is -2.41. The molecule has 22 heavy (non-hydrogen) atoms. The molecule has 0 aliphatic carbocycles. The monoisotopic (exact) mass is 309 g/mol. The van der Waals surface area contributed by atoms with Crippen molar-refractivity contribution in [1.29, 1.82) is 0 Å². The van der Waals surface area contributed by atoms with Crippen molar-refractivity contribution in [3.8, 4) is 0 Å². The largest absolute Gasteiger partial charge is 0.480 e. The van der Waals surface area contributed by atoms with Gasteiger partial charge in [0.1, 0.15) is 6.04 Å². The van der Waals surface area contributed by atoms with Crippen molar-refractivity contribution < 1.29 is 24.2 Å². The summed E-state index contributed by atoms with van der Waals surface area (Å²) in [7, 11) is 0. The molecule has 1 aromatic carbocycles. The number of hydrogen-bond donors (Lipinski definition) is 2. The molecule has 0 aliphatic heterocycles. The predicted octanol–water partition coefficient (Wildman–Crippen LogP) is 2.57. The molecule has 1 unspecified atom stereocenters. The Morgan fingerprint density at radius 1 is 1.23 bits per heavy atom. The van der Waals surface area contributed by atoms with Crippen LogP contribution in [0.5, 0.6) is 0 Å². The lowest BCUT2D eigenvalue weighted by Gasteiger charge is -2.14. The predicted molar refractivity (Wildman–Crippen MR) is 81.5 cm³/mol. The number of alkyl carbamates (subject to hydrolysis) is 1. The van der Waals surface area contributed by atoms with E-state index in [-0.39, 0.29) is 13.0 Å². The molecule has 0 heterocycles. The average Bonchev–Trinajstić information content (AvgIpc) is 2.51. The van der Waals surface area contributed by atoms with Crippen molar-refractivity contribution in [1.82, 2.24) is 5.32 Å². The Balaban J connectivity index is 2.26. The topological polar surface area (TPSA) is 84.9 Å². The third-order valence-electron chi connectivity index (χ3n) is 2.98. The second-order valence-electron chi connectivity index (χ2n) is 4.85. The lowest BCUT2D eigenvalue weighted by molar-refractivity contribution is -0.139. The van der Waals surface area contributed by atoms with Gasteiger partial charge in [0, 0.05) is 13.0 Å². The first-order valence-electron chi connectivity index (χ1n) is 7.41. The summed E-state index contributed by atoms with van der Waals surface area (Å²) in [5, 5.41) is 11.4. The van der Waals surface area contributed by atoms with Crippen LogP contribution in [0.15, 0.2) is 30.3 Å². The van der Waals surface area contributed by atoms with E-state index < -0.39 is 18.1 Å². The standard InChI is InChI=1S/C16H23NO5/c1-2-3-10-22-16(20)17-14(15(18)19)9-11-21-12-13-7-5-4-6-8-13/h4-8,14H,2-3,9-12H2,1H3,(H,17,20)(H,18,19). The molecular formula is C16H23NO5. The van der Waals surface area contributed by atoms with Crippen LogP contribution < -0.4 is 5.32 Å². The van der Waals surface area contributed by atoms with E-state index in [9.17, 15) is 9.59 Å². The highest BCUT2D eigenvalue weighted by atomic mass is 16.5. The van der Waals surface area contributed by atoms with Crippen molar-refractivity contribution >= 4 is 12.1 Å². The third-order valence-corrected chi connectivity index (χ3v) is 2.98. The van der Waals surface area contributed by atoms with Gasteiger partial charge < -0.3 is 19.9 Å². The van der Waals surface area contributed by atoms with E-state index in [2.05, 4.69) is 5.32 Å². The summed E-state index contributed by atoms with van der Waals surface area (Å²) in [5.41, 5.74) is 1.02. The first-order valence-corrected chi connectivity index (χ1v) is 7.41. The van der Waals surface area contributed by atoms with Crippen LogP contribution in [0.3, 0.4) is 0 Å². The van der Waals surface area contributed by atoms with Crippen LogP contribution in [0, 0.1) is 0 Å². The van der Waals surface area contributed by atoms with Gasteiger partial charge >= 0.3 is 12.1 Å². The van der Waals surface area contributed by atoms with E-state index in [0.717, 1.165) is 18.4 Å². The zero-order valence-corrected chi connectivity index (χ0v) is 12.8. The second kappa shape index (κ2) is 10.6. The normalized spacial score (nSPS) is 11.7. The summed E-state index contributed by atoms with van der Waals surface area (Å²) >= 11 is 0. The molecule has 0 saturated carbocycles. The molecular weight excluding hydrogens is 286 g/mol. The van der Waals surface area contributed by atoms with Crippen LogP contribution in [0.2, 0.25) is 0 Å². The molecule has 0 spiro atoms. The Labute approximate surface area is 130 Å². The Kier molecular flexibility index (Phi) is 8.67. The number of nitrogens with one attached hydrogen (secondary N) is 1. The van der Waals surface area contributed by atoms with Gasteiger partial charge in [-0.2, -0.15) is 0 Å². The zero-order chi connectivity index (χ0) is 16.2. The molecule has 6 heteroatoms. The Hall–Kier alpha value is -2.08. The quantitative estimate of drug-likeness (QED) is 0.649. The lowest BCUT2D eigenvalue weighted by atomic mass is 10.2. The van der Waals surface area contributed by atoms with Crippen LogP contribution in [0.25, 0.3) is 0 Å². The van der Waals surface area contributed by atoms with Crippen LogP contribution >= 0.6 is 0 Å². The molecule has 6 nitrogen and oxygen atoms in total.